The lowest BCUT2D eigenvalue weighted by atomic mass is 9.86. The van der Waals surface area contributed by atoms with Gasteiger partial charge in [0.15, 0.2) is 0 Å². The lowest BCUT2D eigenvalue weighted by Gasteiger charge is -2.17. The molecule has 0 N–H and O–H groups in total. The van der Waals surface area contributed by atoms with Crippen LogP contribution in [0.15, 0.2) is 200 Å². The minimum absolute atomic E-state index is 1.16. The third-order valence-corrected chi connectivity index (χ3v) is 11.9. The van der Waals surface area contributed by atoms with Gasteiger partial charge >= 0.3 is 0 Å². The molecule has 55 heavy (non-hydrogen) atoms. The van der Waals surface area contributed by atoms with E-state index < -0.39 is 0 Å². The highest BCUT2D eigenvalue weighted by Crippen LogP contribution is 2.45. The highest BCUT2D eigenvalue weighted by Gasteiger charge is 2.18. The van der Waals surface area contributed by atoms with Gasteiger partial charge in [-0.15, -0.1) is 0 Å². The minimum atomic E-state index is 1.16. The van der Waals surface area contributed by atoms with Crippen molar-refractivity contribution in [3.63, 3.8) is 0 Å². The van der Waals surface area contributed by atoms with Crippen molar-refractivity contribution >= 4 is 86.4 Å². The predicted octanol–water partition coefficient (Wildman–Crippen LogP) is 15.0. The van der Waals surface area contributed by atoms with Crippen LogP contribution in [0.3, 0.4) is 0 Å². The summed E-state index contributed by atoms with van der Waals surface area (Å²) in [5, 5.41) is 18.0. The van der Waals surface area contributed by atoms with Gasteiger partial charge in [0.05, 0.1) is 11.0 Å². The van der Waals surface area contributed by atoms with Crippen LogP contribution in [0.1, 0.15) is 0 Å². The Kier molecular flexibility index (Phi) is 6.40. The second-order valence-electron chi connectivity index (χ2n) is 14.8. The van der Waals surface area contributed by atoms with E-state index in [1.54, 1.807) is 0 Å². The summed E-state index contributed by atoms with van der Waals surface area (Å²) in [6.07, 6.45) is 0. The van der Waals surface area contributed by atoms with E-state index in [2.05, 4.69) is 205 Å². The summed E-state index contributed by atoms with van der Waals surface area (Å²) in [5.41, 5.74) is 8.46. The molecule has 0 radical (unpaired) electrons. The van der Waals surface area contributed by atoms with Crippen LogP contribution in [0.5, 0.6) is 0 Å². The largest absolute Gasteiger partial charge is 0.309 e. The van der Waals surface area contributed by atoms with Crippen LogP contribution >= 0.6 is 0 Å². The molecule has 0 amide bonds. The average Bonchev–Trinajstić information content (AvgIpc) is 3.59. The molecular weight excluding hydrogens is 663 g/mol. The molecule has 12 aromatic rings. The van der Waals surface area contributed by atoms with Gasteiger partial charge in [0.2, 0.25) is 0 Å². The van der Waals surface area contributed by atoms with Gasteiger partial charge < -0.3 is 4.57 Å². The molecule has 0 aliphatic carbocycles. The Bertz CT molecular complexity index is 3520. The summed E-state index contributed by atoms with van der Waals surface area (Å²) in [7, 11) is 0. The molecule has 1 nitrogen and oxygen atoms in total. The smallest absolute Gasteiger partial charge is 0.0547 e. The van der Waals surface area contributed by atoms with Gasteiger partial charge in [0.1, 0.15) is 0 Å². The minimum Gasteiger partial charge on any atom is -0.309 e. The molecule has 1 heteroatoms. The van der Waals surface area contributed by atoms with Crippen LogP contribution in [-0.2, 0) is 0 Å². The summed E-state index contributed by atoms with van der Waals surface area (Å²) in [5.74, 6) is 0. The van der Waals surface area contributed by atoms with Gasteiger partial charge in [0.25, 0.3) is 0 Å². The van der Waals surface area contributed by atoms with E-state index in [1.165, 1.54) is 109 Å². The first-order chi connectivity index (χ1) is 27.3. The van der Waals surface area contributed by atoms with Crippen molar-refractivity contribution in [2.24, 2.45) is 0 Å². The van der Waals surface area contributed by atoms with Crippen molar-refractivity contribution in [1.82, 2.24) is 4.57 Å². The average molecular weight is 696 g/mol. The standard InChI is InChI=1S/C54H33N/c1-2-12-34(13-3-1)36-23-22-35-24-27-40(31-39(35)30-36)55-51-21-11-10-17-45(51)46-29-26-38(33-52(46)55)37-25-28-44-43-16-6-8-19-48(43)53-47-18-7-4-14-41(47)42-15-5-9-20-49(42)54(53)50(44)32-37/h1-33H. The number of fused-ring (bicyclic) bond motifs is 15. The van der Waals surface area contributed by atoms with Crippen molar-refractivity contribution in [3.05, 3.63) is 200 Å². The summed E-state index contributed by atoms with van der Waals surface area (Å²) >= 11 is 0. The van der Waals surface area contributed by atoms with E-state index in [9.17, 15) is 0 Å². The highest BCUT2D eigenvalue weighted by atomic mass is 15.0. The third-order valence-electron chi connectivity index (χ3n) is 11.9. The van der Waals surface area contributed by atoms with Crippen LogP contribution < -0.4 is 0 Å². The summed E-state index contributed by atoms with van der Waals surface area (Å²) < 4.78 is 2.45. The van der Waals surface area contributed by atoms with Crippen LogP contribution in [-0.4, -0.2) is 4.57 Å². The molecule has 0 unspecified atom stereocenters. The Morgan fingerprint density at radius 2 is 0.709 bits per heavy atom. The van der Waals surface area contributed by atoms with Crippen LogP contribution in [0, 0.1) is 0 Å². The Morgan fingerprint density at radius 1 is 0.236 bits per heavy atom. The maximum Gasteiger partial charge on any atom is 0.0547 e. The third kappa shape index (κ3) is 4.48. The van der Waals surface area contributed by atoms with E-state index in [1.807, 2.05) is 0 Å². The zero-order valence-corrected chi connectivity index (χ0v) is 30.0. The predicted molar refractivity (Wildman–Crippen MR) is 237 cm³/mol. The van der Waals surface area contributed by atoms with Gasteiger partial charge in [-0.25, -0.2) is 0 Å². The monoisotopic (exact) mass is 695 g/mol. The highest BCUT2D eigenvalue weighted by molar-refractivity contribution is 6.39. The molecule has 1 heterocycles. The zero-order chi connectivity index (χ0) is 36.0. The van der Waals surface area contributed by atoms with Crippen molar-refractivity contribution < 1.29 is 0 Å². The van der Waals surface area contributed by atoms with E-state index >= 15 is 0 Å². The molecule has 0 fully saturated rings. The van der Waals surface area contributed by atoms with Crippen molar-refractivity contribution in [3.8, 4) is 27.9 Å². The molecule has 0 aliphatic heterocycles. The molecule has 0 aliphatic rings. The molecular formula is C54H33N. The van der Waals surface area contributed by atoms with Gasteiger partial charge in [-0.2, -0.15) is 0 Å². The van der Waals surface area contributed by atoms with E-state index in [-0.39, 0.29) is 0 Å². The second-order valence-corrected chi connectivity index (χ2v) is 14.8. The maximum atomic E-state index is 2.45. The molecule has 11 aromatic carbocycles. The second kappa shape index (κ2) is 11.6. The lowest BCUT2D eigenvalue weighted by Crippen LogP contribution is -1.94. The van der Waals surface area contributed by atoms with E-state index in [0.29, 0.717) is 0 Å². The summed E-state index contributed by atoms with van der Waals surface area (Å²) in [4.78, 5) is 0. The molecule has 0 saturated carbocycles. The Hall–Kier alpha value is -7.22. The molecule has 12 rings (SSSR count). The SMILES string of the molecule is c1ccc(-c2ccc3ccc(-n4c5ccccc5c5ccc(-c6ccc7c8ccccc8c8c9ccccc9c9ccccc9c8c7c6)cc54)cc3c2)cc1. The van der Waals surface area contributed by atoms with Gasteiger partial charge in [-0.1, -0.05) is 164 Å². The number of hydrogen-bond donors (Lipinski definition) is 0. The van der Waals surface area contributed by atoms with Crippen LogP contribution in [0.25, 0.3) is 114 Å². The molecule has 0 saturated heterocycles. The number of benzene rings is 11. The first-order valence-electron chi connectivity index (χ1n) is 19.1. The van der Waals surface area contributed by atoms with E-state index in [4.69, 9.17) is 0 Å². The van der Waals surface area contributed by atoms with Crippen LogP contribution in [0.2, 0.25) is 0 Å². The normalized spacial score (nSPS) is 12.0. The van der Waals surface area contributed by atoms with Crippen molar-refractivity contribution in [1.29, 1.82) is 0 Å². The fourth-order valence-corrected chi connectivity index (χ4v) is 9.41. The number of nitrogens with zero attached hydrogens (tertiary/aromatic N) is 1. The number of aromatic nitrogens is 1. The number of para-hydroxylation sites is 1. The molecule has 254 valence electrons. The van der Waals surface area contributed by atoms with Crippen molar-refractivity contribution in [2.75, 3.05) is 0 Å². The summed E-state index contributed by atoms with van der Waals surface area (Å²) in [6.45, 7) is 0. The Morgan fingerprint density at radius 3 is 1.40 bits per heavy atom. The Labute approximate surface area is 317 Å². The number of rotatable bonds is 3. The van der Waals surface area contributed by atoms with E-state index in [0.717, 1.165) is 5.69 Å². The maximum absolute atomic E-state index is 2.45. The Balaban J connectivity index is 1.12. The van der Waals surface area contributed by atoms with Gasteiger partial charge in [-0.3, -0.25) is 0 Å². The van der Waals surface area contributed by atoms with Gasteiger partial charge in [-0.05, 0) is 123 Å². The lowest BCUT2D eigenvalue weighted by molar-refractivity contribution is 1.19. The quantitative estimate of drug-likeness (QED) is 0.162. The molecule has 0 spiro atoms. The molecule has 0 bridgehead atoms. The fourth-order valence-electron chi connectivity index (χ4n) is 9.41. The molecule has 1 aromatic heterocycles. The zero-order valence-electron chi connectivity index (χ0n) is 30.0. The topological polar surface area (TPSA) is 4.93 Å². The number of hydrogen-bond acceptors (Lipinski definition) is 0. The fraction of sp³-hybridized carbons (Fsp3) is 0. The summed E-state index contributed by atoms with van der Waals surface area (Å²) in [6, 6.07) is 74.1. The van der Waals surface area contributed by atoms with Gasteiger partial charge in [0, 0.05) is 16.5 Å². The molecule has 0 atom stereocenters. The van der Waals surface area contributed by atoms with Crippen LogP contribution in [0.4, 0.5) is 0 Å². The first kappa shape index (κ1) is 30.3. The first-order valence-corrected chi connectivity index (χ1v) is 19.1. The van der Waals surface area contributed by atoms with Crippen molar-refractivity contribution in [2.45, 2.75) is 0 Å².